The second-order valence-electron chi connectivity index (χ2n) is 5.89. The van der Waals surface area contributed by atoms with Gasteiger partial charge in [0.2, 0.25) is 0 Å². The third-order valence-electron chi connectivity index (χ3n) is 3.94. The van der Waals surface area contributed by atoms with Gasteiger partial charge in [0.05, 0.1) is 6.61 Å². The van der Waals surface area contributed by atoms with Crippen LogP contribution in [0.5, 0.6) is 0 Å². The Bertz CT molecular complexity index is 250. The molecular formula is C13H25NO2. The van der Waals surface area contributed by atoms with Crippen LogP contribution in [-0.2, 0) is 4.79 Å². The number of aliphatic hydroxyl groups is 1. The maximum atomic E-state index is 11.8. The zero-order valence-corrected chi connectivity index (χ0v) is 11.0. The summed E-state index contributed by atoms with van der Waals surface area (Å²) in [6, 6.07) is 0. The van der Waals surface area contributed by atoms with Crippen LogP contribution in [0.2, 0.25) is 0 Å². The first kappa shape index (κ1) is 13.7. The maximum Gasteiger partial charge on any atom is 0.137 e. The molecule has 1 fully saturated rings. The Balaban J connectivity index is 2.55. The van der Waals surface area contributed by atoms with Gasteiger partial charge in [0.25, 0.3) is 0 Å². The minimum atomic E-state index is -0.235. The van der Waals surface area contributed by atoms with Crippen molar-refractivity contribution < 1.29 is 9.90 Å². The van der Waals surface area contributed by atoms with E-state index in [1.54, 1.807) is 0 Å². The Hall–Kier alpha value is -0.410. The zero-order valence-electron chi connectivity index (χ0n) is 11.0. The Labute approximate surface area is 98.8 Å². The Morgan fingerprint density at radius 3 is 2.69 bits per heavy atom. The molecule has 0 aliphatic heterocycles. The van der Waals surface area contributed by atoms with Crippen LogP contribution in [-0.4, -0.2) is 41.5 Å². The summed E-state index contributed by atoms with van der Waals surface area (Å²) < 4.78 is 0. The Morgan fingerprint density at radius 2 is 2.12 bits per heavy atom. The predicted octanol–water partition coefficient (Wildman–Crippen LogP) is 1.69. The number of rotatable bonds is 4. The van der Waals surface area contributed by atoms with Gasteiger partial charge in [-0.05, 0) is 39.7 Å². The van der Waals surface area contributed by atoms with E-state index in [0.717, 1.165) is 25.8 Å². The molecule has 3 heteroatoms. The molecule has 0 spiro atoms. The smallest absolute Gasteiger partial charge is 0.137 e. The van der Waals surface area contributed by atoms with Crippen molar-refractivity contribution in [3.63, 3.8) is 0 Å². The van der Waals surface area contributed by atoms with Gasteiger partial charge in [0.1, 0.15) is 5.78 Å². The van der Waals surface area contributed by atoms with Crippen molar-refractivity contribution in [1.82, 2.24) is 4.90 Å². The zero-order chi connectivity index (χ0) is 12.3. The molecular weight excluding hydrogens is 202 g/mol. The number of carbonyl (C=O) groups is 1. The molecule has 0 bridgehead atoms. The number of likely N-dealkylation sites (N-methyl/N-ethyl adjacent to an activating group) is 1. The molecule has 0 radical (unpaired) electrons. The summed E-state index contributed by atoms with van der Waals surface area (Å²) in [5, 5.41) is 9.29. The minimum Gasteiger partial charge on any atom is -0.394 e. The Kier molecular flexibility index (Phi) is 4.51. The summed E-state index contributed by atoms with van der Waals surface area (Å²) in [5.74, 6) is 1.23. The summed E-state index contributed by atoms with van der Waals surface area (Å²) in [7, 11) is 1.99. The molecule has 1 saturated carbocycles. The van der Waals surface area contributed by atoms with E-state index in [1.807, 2.05) is 20.9 Å². The van der Waals surface area contributed by atoms with Gasteiger partial charge in [-0.15, -0.1) is 0 Å². The van der Waals surface area contributed by atoms with E-state index in [9.17, 15) is 9.90 Å². The van der Waals surface area contributed by atoms with E-state index < -0.39 is 0 Å². The van der Waals surface area contributed by atoms with Crippen LogP contribution < -0.4 is 0 Å². The van der Waals surface area contributed by atoms with Crippen molar-refractivity contribution in [2.45, 2.75) is 45.6 Å². The molecule has 0 aromatic carbocycles. The van der Waals surface area contributed by atoms with Crippen LogP contribution in [0, 0.1) is 11.8 Å². The third-order valence-corrected chi connectivity index (χ3v) is 3.94. The lowest BCUT2D eigenvalue weighted by atomic mass is 9.81. The van der Waals surface area contributed by atoms with Gasteiger partial charge in [-0.25, -0.2) is 0 Å². The number of Topliss-reactive ketones (excluding diaryl/α,β-unsaturated/α-hetero) is 1. The number of hydrogen-bond donors (Lipinski definition) is 1. The SMILES string of the molecule is CC1CCC(=O)C(CN(C)C(C)(C)CO)C1. The second-order valence-corrected chi connectivity index (χ2v) is 5.89. The van der Waals surface area contributed by atoms with Crippen molar-refractivity contribution in [2.75, 3.05) is 20.2 Å². The van der Waals surface area contributed by atoms with E-state index in [2.05, 4.69) is 11.8 Å². The summed E-state index contributed by atoms with van der Waals surface area (Å²) in [4.78, 5) is 13.9. The van der Waals surface area contributed by atoms with Crippen molar-refractivity contribution in [2.24, 2.45) is 11.8 Å². The standard InChI is InChI=1S/C13H25NO2/c1-10-5-6-12(16)11(7-10)8-14(4)13(2,3)9-15/h10-11,15H,5-9H2,1-4H3. The second kappa shape index (κ2) is 5.28. The monoisotopic (exact) mass is 227 g/mol. The molecule has 0 saturated heterocycles. The van der Waals surface area contributed by atoms with Gasteiger partial charge in [-0.1, -0.05) is 6.92 Å². The highest BCUT2D eigenvalue weighted by Gasteiger charge is 2.31. The van der Waals surface area contributed by atoms with E-state index in [0.29, 0.717) is 11.7 Å². The lowest BCUT2D eigenvalue weighted by molar-refractivity contribution is -0.126. The molecule has 2 unspecified atom stereocenters. The number of aliphatic hydroxyl groups excluding tert-OH is 1. The van der Waals surface area contributed by atoms with Crippen molar-refractivity contribution in [3.8, 4) is 0 Å². The van der Waals surface area contributed by atoms with Crippen molar-refractivity contribution >= 4 is 5.78 Å². The molecule has 0 heterocycles. The molecule has 1 N–H and O–H groups in total. The fourth-order valence-electron chi connectivity index (χ4n) is 2.20. The molecule has 0 amide bonds. The van der Waals surface area contributed by atoms with Crippen LogP contribution in [0.25, 0.3) is 0 Å². The van der Waals surface area contributed by atoms with E-state index >= 15 is 0 Å². The predicted molar refractivity (Wildman–Crippen MR) is 65.3 cm³/mol. The van der Waals surface area contributed by atoms with Gasteiger partial charge in [-0.2, -0.15) is 0 Å². The largest absolute Gasteiger partial charge is 0.394 e. The molecule has 0 aromatic rings. The summed E-state index contributed by atoms with van der Waals surface area (Å²) in [6.45, 7) is 7.13. The number of carbonyl (C=O) groups excluding carboxylic acids is 1. The molecule has 2 atom stereocenters. The first-order valence-electron chi connectivity index (χ1n) is 6.21. The topological polar surface area (TPSA) is 40.5 Å². The van der Waals surface area contributed by atoms with E-state index in [4.69, 9.17) is 0 Å². The molecule has 0 aromatic heterocycles. The average molecular weight is 227 g/mol. The fraction of sp³-hybridized carbons (Fsp3) is 0.923. The van der Waals surface area contributed by atoms with Gasteiger partial charge in [0, 0.05) is 24.4 Å². The molecule has 94 valence electrons. The summed E-state index contributed by atoms with van der Waals surface area (Å²) >= 11 is 0. The molecule has 16 heavy (non-hydrogen) atoms. The van der Waals surface area contributed by atoms with Crippen LogP contribution in [0.1, 0.15) is 40.0 Å². The van der Waals surface area contributed by atoms with E-state index in [-0.39, 0.29) is 18.1 Å². The van der Waals surface area contributed by atoms with Crippen LogP contribution in [0.3, 0.4) is 0 Å². The number of nitrogens with zero attached hydrogens (tertiary/aromatic N) is 1. The van der Waals surface area contributed by atoms with Crippen LogP contribution in [0.4, 0.5) is 0 Å². The highest BCUT2D eigenvalue weighted by molar-refractivity contribution is 5.81. The van der Waals surface area contributed by atoms with Crippen LogP contribution >= 0.6 is 0 Å². The summed E-state index contributed by atoms with van der Waals surface area (Å²) in [6.07, 6.45) is 2.78. The van der Waals surface area contributed by atoms with Crippen molar-refractivity contribution in [1.29, 1.82) is 0 Å². The molecule has 1 aliphatic carbocycles. The highest BCUT2D eigenvalue weighted by Crippen LogP contribution is 2.27. The van der Waals surface area contributed by atoms with Crippen LogP contribution in [0.15, 0.2) is 0 Å². The Morgan fingerprint density at radius 1 is 1.50 bits per heavy atom. The quantitative estimate of drug-likeness (QED) is 0.794. The summed E-state index contributed by atoms with van der Waals surface area (Å²) in [5.41, 5.74) is -0.235. The molecule has 3 nitrogen and oxygen atoms in total. The lowest BCUT2D eigenvalue weighted by Crippen LogP contribution is -2.48. The fourth-order valence-corrected chi connectivity index (χ4v) is 2.20. The molecule has 1 aliphatic rings. The lowest BCUT2D eigenvalue weighted by Gasteiger charge is -2.37. The maximum absolute atomic E-state index is 11.8. The van der Waals surface area contributed by atoms with Crippen molar-refractivity contribution in [3.05, 3.63) is 0 Å². The number of hydrogen-bond acceptors (Lipinski definition) is 3. The third kappa shape index (κ3) is 3.29. The van der Waals surface area contributed by atoms with Gasteiger partial charge in [0.15, 0.2) is 0 Å². The van der Waals surface area contributed by atoms with E-state index in [1.165, 1.54) is 0 Å². The molecule has 1 rings (SSSR count). The highest BCUT2D eigenvalue weighted by atomic mass is 16.3. The van der Waals surface area contributed by atoms with Gasteiger partial charge >= 0.3 is 0 Å². The average Bonchev–Trinajstić information content (AvgIpc) is 2.23. The van der Waals surface area contributed by atoms with Gasteiger partial charge in [-0.3, -0.25) is 9.69 Å². The minimum absolute atomic E-state index is 0.125. The first-order chi connectivity index (χ1) is 7.36. The normalized spacial score (nSPS) is 27.5. The van der Waals surface area contributed by atoms with Gasteiger partial charge < -0.3 is 5.11 Å². The number of ketones is 1. The first-order valence-corrected chi connectivity index (χ1v) is 6.21.